The topological polar surface area (TPSA) is 41.6 Å². The highest BCUT2D eigenvalue weighted by Crippen LogP contribution is 2.29. The number of ether oxygens (including phenoxy) is 1. The van der Waals surface area contributed by atoms with Crippen LogP contribution in [0, 0.1) is 0 Å². The smallest absolute Gasteiger partial charge is 0.317 e. The minimum absolute atomic E-state index is 0.00894. The van der Waals surface area contributed by atoms with Crippen molar-refractivity contribution >= 4 is 29.2 Å². The molecule has 22 heavy (non-hydrogen) atoms. The standard InChI is InChI=1S/C16H22Cl2N2O2/c1-10(15-5-4-8-22-15)19-16(21)20(3)11(2)13-7-6-12(17)9-14(13)18/h6-7,9-11,15H,4-5,8H2,1-3H3,(H,19,21)/t10-,11-,15+/m0/s1. The zero-order chi connectivity index (χ0) is 16.3. The highest BCUT2D eigenvalue weighted by molar-refractivity contribution is 6.35. The third kappa shape index (κ3) is 4.06. The Labute approximate surface area is 141 Å². The molecule has 1 aliphatic heterocycles. The van der Waals surface area contributed by atoms with E-state index in [1.807, 2.05) is 19.9 Å². The third-order valence-electron chi connectivity index (χ3n) is 4.19. The Morgan fingerprint density at radius 2 is 2.14 bits per heavy atom. The largest absolute Gasteiger partial charge is 0.376 e. The van der Waals surface area contributed by atoms with Gasteiger partial charge in [-0.15, -0.1) is 0 Å². The Hall–Kier alpha value is -0.970. The number of hydrogen-bond acceptors (Lipinski definition) is 2. The van der Waals surface area contributed by atoms with Crippen molar-refractivity contribution in [3.63, 3.8) is 0 Å². The monoisotopic (exact) mass is 344 g/mol. The highest BCUT2D eigenvalue weighted by Gasteiger charge is 2.26. The maximum absolute atomic E-state index is 12.4. The lowest BCUT2D eigenvalue weighted by Crippen LogP contribution is -2.47. The second-order valence-corrected chi connectivity index (χ2v) is 6.59. The number of carbonyl (C=O) groups excluding carboxylic acids is 1. The second kappa shape index (κ2) is 7.53. The Balaban J connectivity index is 1.99. The van der Waals surface area contributed by atoms with Gasteiger partial charge in [-0.2, -0.15) is 0 Å². The van der Waals surface area contributed by atoms with E-state index in [0.29, 0.717) is 10.0 Å². The summed E-state index contributed by atoms with van der Waals surface area (Å²) in [4.78, 5) is 14.0. The van der Waals surface area contributed by atoms with Crippen LogP contribution >= 0.6 is 23.2 Å². The van der Waals surface area contributed by atoms with E-state index >= 15 is 0 Å². The number of nitrogens with zero attached hydrogens (tertiary/aromatic N) is 1. The van der Waals surface area contributed by atoms with Gasteiger partial charge < -0.3 is 15.0 Å². The molecule has 6 heteroatoms. The molecule has 0 unspecified atom stereocenters. The number of urea groups is 1. The molecule has 3 atom stereocenters. The van der Waals surface area contributed by atoms with Gasteiger partial charge in [0.15, 0.2) is 0 Å². The summed E-state index contributed by atoms with van der Waals surface area (Å²) < 4.78 is 5.60. The van der Waals surface area contributed by atoms with Crippen LogP contribution in [0.15, 0.2) is 18.2 Å². The molecule has 1 heterocycles. The van der Waals surface area contributed by atoms with E-state index < -0.39 is 0 Å². The van der Waals surface area contributed by atoms with Crippen LogP contribution in [-0.2, 0) is 4.74 Å². The highest BCUT2D eigenvalue weighted by atomic mass is 35.5. The van der Waals surface area contributed by atoms with E-state index in [4.69, 9.17) is 27.9 Å². The van der Waals surface area contributed by atoms with Crippen LogP contribution in [0.4, 0.5) is 4.79 Å². The minimum atomic E-state index is -0.151. The molecular weight excluding hydrogens is 323 g/mol. The van der Waals surface area contributed by atoms with Crippen LogP contribution in [0.5, 0.6) is 0 Å². The van der Waals surface area contributed by atoms with Gasteiger partial charge in [0.1, 0.15) is 0 Å². The summed E-state index contributed by atoms with van der Waals surface area (Å²) >= 11 is 12.1. The van der Waals surface area contributed by atoms with Crippen molar-refractivity contribution in [2.75, 3.05) is 13.7 Å². The van der Waals surface area contributed by atoms with E-state index in [2.05, 4.69) is 5.32 Å². The lowest BCUT2D eigenvalue weighted by atomic mass is 10.1. The van der Waals surface area contributed by atoms with Crippen LogP contribution in [0.1, 0.15) is 38.3 Å². The molecule has 0 saturated carbocycles. The minimum Gasteiger partial charge on any atom is -0.376 e. The van der Waals surface area contributed by atoms with Crippen molar-refractivity contribution in [3.8, 4) is 0 Å². The fraction of sp³-hybridized carbons (Fsp3) is 0.562. The van der Waals surface area contributed by atoms with Crippen LogP contribution in [-0.4, -0.2) is 36.7 Å². The number of nitrogens with one attached hydrogen (secondary N) is 1. The van der Waals surface area contributed by atoms with Crippen LogP contribution in [0.25, 0.3) is 0 Å². The number of benzene rings is 1. The maximum atomic E-state index is 12.4. The molecule has 1 fully saturated rings. The zero-order valence-corrected chi connectivity index (χ0v) is 14.6. The van der Waals surface area contributed by atoms with Gasteiger partial charge in [-0.1, -0.05) is 29.3 Å². The van der Waals surface area contributed by atoms with Crippen molar-refractivity contribution < 1.29 is 9.53 Å². The molecule has 1 N–H and O–H groups in total. The molecule has 2 rings (SSSR count). The number of hydrogen-bond donors (Lipinski definition) is 1. The quantitative estimate of drug-likeness (QED) is 0.886. The first-order valence-electron chi connectivity index (χ1n) is 7.50. The van der Waals surface area contributed by atoms with Crippen molar-refractivity contribution in [1.82, 2.24) is 10.2 Å². The Kier molecular flexibility index (Phi) is 5.95. The average Bonchev–Trinajstić information content (AvgIpc) is 3.00. The normalized spacial score (nSPS) is 20.5. The molecule has 4 nitrogen and oxygen atoms in total. The fourth-order valence-corrected chi connectivity index (χ4v) is 3.18. The first-order chi connectivity index (χ1) is 10.4. The number of rotatable bonds is 4. The summed E-state index contributed by atoms with van der Waals surface area (Å²) in [5.41, 5.74) is 0.869. The van der Waals surface area contributed by atoms with Gasteiger partial charge in [-0.25, -0.2) is 4.79 Å². The summed E-state index contributed by atoms with van der Waals surface area (Å²) in [6, 6.07) is 5.02. The second-order valence-electron chi connectivity index (χ2n) is 5.74. The Morgan fingerprint density at radius 3 is 2.73 bits per heavy atom. The van der Waals surface area contributed by atoms with Gasteiger partial charge in [0.2, 0.25) is 0 Å². The van der Waals surface area contributed by atoms with Gasteiger partial charge in [0, 0.05) is 23.7 Å². The maximum Gasteiger partial charge on any atom is 0.317 e. The molecule has 0 aromatic heterocycles. The van der Waals surface area contributed by atoms with Crippen LogP contribution < -0.4 is 5.32 Å². The molecular formula is C16H22Cl2N2O2. The van der Waals surface area contributed by atoms with E-state index in [0.717, 1.165) is 25.0 Å². The molecule has 0 bridgehead atoms. The molecule has 1 aromatic carbocycles. The van der Waals surface area contributed by atoms with Crippen molar-refractivity contribution in [3.05, 3.63) is 33.8 Å². The predicted molar refractivity (Wildman–Crippen MR) is 89.6 cm³/mol. The molecule has 0 spiro atoms. The zero-order valence-electron chi connectivity index (χ0n) is 13.1. The molecule has 2 amide bonds. The van der Waals surface area contributed by atoms with Gasteiger partial charge in [-0.05, 0) is 44.4 Å². The Bertz CT molecular complexity index is 533. The van der Waals surface area contributed by atoms with Crippen molar-refractivity contribution in [2.24, 2.45) is 0 Å². The number of amides is 2. The molecule has 1 aromatic rings. The van der Waals surface area contributed by atoms with E-state index in [-0.39, 0.29) is 24.2 Å². The lowest BCUT2D eigenvalue weighted by molar-refractivity contribution is 0.0830. The molecule has 1 saturated heterocycles. The first kappa shape index (κ1) is 17.4. The molecule has 0 radical (unpaired) electrons. The Morgan fingerprint density at radius 1 is 1.41 bits per heavy atom. The molecule has 1 aliphatic rings. The van der Waals surface area contributed by atoms with Crippen LogP contribution in [0.3, 0.4) is 0 Å². The van der Waals surface area contributed by atoms with Gasteiger partial charge in [0.25, 0.3) is 0 Å². The van der Waals surface area contributed by atoms with Crippen molar-refractivity contribution in [2.45, 2.75) is 44.9 Å². The van der Waals surface area contributed by atoms with E-state index in [9.17, 15) is 4.79 Å². The summed E-state index contributed by atoms with van der Waals surface area (Å²) in [6.07, 6.45) is 2.15. The number of carbonyl (C=O) groups is 1. The van der Waals surface area contributed by atoms with Gasteiger partial charge in [0.05, 0.1) is 18.2 Å². The summed E-state index contributed by atoms with van der Waals surface area (Å²) in [6.45, 7) is 4.69. The van der Waals surface area contributed by atoms with E-state index in [1.165, 1.54) is 0 Å². The molecule has 0 aliphatic carbocycles. The van der Waals surface area contributed by atoms with Crippen LogP contribution in [0.2, 0.25) is 10.0 Å². The SMILES string of the molecule is C[C@H](NC(=O)N(C)[C@@H](C)c1ccc(Cl)cc1Cl)[C@H]1CCCO1. The average molecular weight is 345 g/mol. The van der Waals surface area contributed by atoms with E-state index in [1.54, 1.807) is 24.1 Å². The van der Waals surface area contributed by atoms with Crippen molar-refractivity contribution in [1.29, 1.82) is 0 Å². The lowest BCUT2D eigenvalue weighted by Gasteiger charge is -2.29. The van der Waals surface area contributed by atoms with Gasteiger partial charge in [-0.3, -0.25) is 0 Å². The summed E-state index contributed by atoms with van der Waals surface area (Å²) in [5, 5.41) is 4.14. The predicted octanol–water partition coefficient (Wildman–Crippen LogP) is 4.26. The first-order valence-corrected chi connectivity index (χ1v) is 8.25. The van der Waals surface area contributed by atoms with Gasteiger partial charge >= 0.3 is 6.03 Å². The fourth-order valence-electron chi connectivity index (χ4n) is 2.61. The third-order valence-corrected chi connectivity index (χ3v) is 4.75. The number of halogens is 2. The summed E-state index contributed by atoms with van der Waals surface area (Å²) in [5.74, 6) is 0. The molecule has 122 valence electrons. The summed E-state index contributed by atoms with van der Waals surface area (Å²) in [7, 11) is 1.76.